The van der Waals surface area contributed by atoms with Crippen LogP contribution in [-0.4, -0.2) is 36.3 Å². The number of esters is 1. The summed E-state index contributed by atoms with van der Waals surface area (Å²) in [5.41, 5.74) is 1.94. The maximum atomic E-state index is 13.3. The smallest absolute Gasteiger partial charge is 0.306 e. The van der Waals surface area contributed by atoms with Crippen molar-refractivity contribution in [1.82, 2.24) is 4.98 Å². The molecule has 0 amide bonds. The highest BCUT2D eigenvalue weighted by atomic mass is 19.1. The van der Waals surface area contributed by atoms with E-state index in [2.05, 4.69) is 10.3 Å². The molecule has 0 fully saturated rings. The van der Waals surface area contributed by atoms with Crippen molar-refractivity contribution < 1.29 is 23.8 Å². The van der Waals surface area contributed by atoms with E-state index in [-0.39, 0.29) is 29.9 Å². The van der Waals surface area contributed by atoms with Gasteiger partial charge in [-0.15, -0.1) is 0 Å². The fraction of sp³-hybridized carbons (Fsp3) is 0.280. The van der Waals surface area contributed by atoms with Crippen molar-refractivity contribution in [3.8, 4) is 11.5 Å². The highest BCUT2D eigenvalue weighted by Gasteiger charge is 2.17. The van der Waals surface area contributed by atoms with Gasteiger partial charge in [-0.25, -0.2) is 9.37 Å². The lowest BCUT2D eigenvalue weighted by Crippen LogP contribution is -2.11. The van der Waals surface area contributed by atoms with Crippen molar-refractivity contribution in [2.24, 2.45) is 0 Å². The molecule has 1 aromatic heterocycles. The normalized spacial score (nSPS) is 11.6. The zero-order valence-electron chi connectivity index (χ0n) is 18.0. The van der Waals surface area contributed by atoms with Crippen LogP contribution in [0.4, 0.5) is 10.2 Å². The highest BCUT2D eigenvalue weighted by Crippen LogP contribution is 2.26. The van der Waals surface area contributed by atoms with E-state index in [4.69, 9.17) is 9.47 Å². The molecular formula is C25H27FN2O4. The van der Waals surface area contributed by atoms with Crippen molar-refractivity contribution in [1.29, 1.82) is 0 Å². The number of methoxy groups -OCH3 is 1. The van der Waals surface area contributed by atoms with E-state index in [9.17, 15) is 14.3 Å². The van der Waals surface area contributed by atoms with Crippen LogP contribution in [0.15, 0.2) is 66.9 Å². The predicted molar refractivity (Wildman–Crippen MR) is 120 cm³/mol. The first-order valence-electron chi connectivity index (χ1n) is 10.5. The summed E-state index contributed by atoms with van der Waals surface area (Å²) in [5, 5.41) is 12.7. The zero-order valence-corrected chi connectivity index (χ0v) is 18.0. The number of aromatic hydroxyl groups is 1. The summed E-state index contributed by atoms with van der Waals surface area (Å²) in [6, 6.07) is 17.2. The van der Waals surface area contributed by atoms with Crippen molar-refractivity contribution in [2.75, 3.05) is 25.6 Å². The van der Waals surface area contributed by atoms with Gasteiger partial charge in [-0.3, -0.25) is 4.79 Å². The van der Waals surface area contributed by atoms with Crippen LogP contribution < -0.4 is 10.1 Å². The lowest BCUT2D eigenvalue weighted by atomic mass is 9.89. The Morgan fingerprint density at radius 1 is 1.12 bits per heavy atom. The summed E-state index contributed by atoms with van der Waals surface area (Å²) < 4.78 is 23.9. The molecule has 168 valence electrons. The van der Waals surface area contributed by atoms with Crippen molar-refractivity contribution in [2.45, 2.75) is 25.2 Å². The van der Waals surface area contributed by atoms with Crippen LogP contribution in [0.5, 0.6) is 11.5 Å². The van der Waals surface area contributed by atoms with E-state index in [1.54, 1.807) is 30.5 Å². The molecular weight excluding hydrogens is 411 g/mol. The van der Waals surface area contributed by atoms with Crippen molar-refractivity contribution in [3.63, 3.8) is 0 Å². The Morgan fingerprint density at radius 2 is 1.88 bits per heavy atom. The second-order valence-corrected chi connectivity index (χ2v) is 7.38. The first-order chi connectivity index (χ1) is 15.5. The predicted octanol–water partition coefficient (Wildman–Crippen LogP) is 4.70. The van der Waals surface area contributed by atoms with Gasteiger partial charge in [0.05, 0.1) is 20.1 Å². The Kier molecular flexibility index (Phi) is 8.43. The molecule has 0 aliphatic carbocycles. The Balaban J connectivity index is 1.50. The molecule has 0 radical (unpaired) electrons. The number of rotatable bonds is 11. The third kappa shape index (κ3) is 6.97. The second kappa shape index (κ2) is 11.7. The number of pyridine rings is 1. The third-order valence-electron chi connectivity index (χ3n) is 5.06. The minimum atomic E-state index is -0.306. The second-order valence-electron chi connectivity index (χ2n) is 7.38. The average Bonchev–Trinajstić information content (AvgIpc) is 2.81. The van der Waals surface area contributed by atoms with Crippen LogP contribution in [0, 0.1) is 5.82 Å². The molecule has 3 aromatic rings. The van der Waals surface area contributed by atoms with E-state index in [0.717, 1.165) is 23.3 Å². The molecule has 0 aliphatic rings. The van der Waals surface area contributed by atoms with Crippen molar-refractivity contribution >= 4 is 11.8 Å². The quantitative estimate of drug-likeness (QED) is 0.334. The molecule has 6 nitrogen and oxygen atoms in total. The Labute approximate surface area is 187 Å². The maximum absolute atomic E-state index is 13.3. The van der Waals surface area contributed by atoms with Crippen LogP contribution in [-0.2, 0) is 16.0 Å². The van der Waals surface area contributed by atoms with Crippen LogP contribution in [0.3, 0.4) is 0 Å². The Hall–Kier alpha value is -3.61. The van der Waals surface area contributed by atoms with Gasteiger partial charge in [-0.05, 0) is 66.3 Å². The van der Waals surface area contributed by atoms with Gasteiger partial charge < -0.3 is 19.9 Å². The van der Waals surface area contributed by atoms with Crippen LogP contribution in [0.1, 0.15) is 29.9 Å². The summed E-state index contributed by atoms with van der Waals surface area (Å²) in [6.07, 6.45) is 3.20. The Bertz CT molecular complexity index is 994. The van der Waals surface area contributed by atoms with E-state index >= 15 is 0 Å². The highest BCUT2D eigenvalue weighted by molar-refractivity contribution is 5.70. The third-order valence-corrected chi connectivity index (χ3v) is 5.06. The number of carbonyl (C=O) groups is 1. The van der Waals surface area contributed by atoms with E-state index in [1.807, 2.05) is 24.3 Å². The number of hydrogen-bond donors (Lipinski definition) is 2. The van der Waals surface area contributed by atoms with Gasteiger partial charge >= 0.3 is 5.97 Å². The number of carbonyl (C=O) groups excluding carboxylic acids is 1. The number of aromatic nitrogens is 1. The lowest BCUT2D eigenvalue weighted by Gasteiger charge is -2.17. The topological polar surface area (TPSA) is 80.7 Å². The number of anilines is 1. The van der Waals surface area contributed by atoms with Gasteiger partial charge in [0.25, 0.3) is 0 Å². The van der Waals surface area contributed by atoms with Crippen LogP contribution in [0.25, 0.3) is 0 Å². The molecule has 1 atom stereocenters. The minimum Gasteiger partial charge on any atom is -0.504 e. The molecule has 2 N–H and O–H groups in total. The van der Waals surface area contributed by atoms with E-state index < -0.39 is 0 Å². The van der Waals surface area contributed by atoms with Crippen LogP contribution >= 0.6 is 0 Å². The average molecular weight is 438 g/mol. The summed E-state index contributed by atoms with van der Waals surface area (Å²) >= 11 is 0. The first-order valence-corrected chi connectivity index (χ1v) is 10.5. The number of ether oxygens (including phenoxy) is 2. The van der Waals surface area contributed by atoms with Gasteiger partial charge in [-0.2, -0.15) is 0 Å². The monoisotopic (exact) mass is 438 g/mol. The summed E-state index contributed by atoms with van der Waals surface area (Å²) in [7, 11) is 1.37. The molecule has 2 aromatic carbocycles. The molecule has 7 heteroatoms. The summed E-state index contributed by atoms with van der Waals surface area (Å²) in [6.45, 7) is 1.13. The molecule has 0 spiro atoms. The molecule has 0 saturated carbocycles. The van der Waals surface area contributed by atoms with E-state index in [0.29, 0.717) is 25.4 Å². The van der Waals surface area contributed by atoms with Gasteiger partial charge in [0, 0.05) is 12.7 Å². The summed E-state index contributed by atoms with van der Waals surface area (Å²) in [4.78, 5) is 15.9. The standard InChI is InChI=1S/C25H27FN2O4/c1-31-24(30)17-20(19-7-9-21(26)10-8-19)16-18-5-11-22(12-6-18)32-15-3-14-28-25-23(29)4-2-13-27-25/h2,4-13,20,29H,3,14-17H2,1H3,(H,27,28). The number of benzene rings is 2. The number of halogens is 1. The fourth-order valence-electron chi connectivity index (χ4n) is 3.34. The molecule has 1 heterocycles. The molecule has 3 rings (SSSR count). The van der Waals surface area contributed by atoms with Gasteiger partial charge in [0.15, 0.2) is 11.6 Å². The van der Waals surface area contributed by atoms with Gasteiger partial charge in [-0.1, -0.05) is 24.3 Å². The minimum absolute atomic E-state index is 0.107. The zero-order chi connectivity index (χ0) is 22.8. The largest absolute Gasteiger partial charge is 0.504 e. The molecule has 1 unspecified atom stereocenters. The fourth-order valence-corrected chi connectivity index (χ4v) is 3.34. The van der Waals surface area contributed by atoms with Gasteiger partial charge in [0.2, 0.25) is 0 Å². The molecule has 0 saturated heterocycles. The Morgan fingerprint density at radius 3 is 2.56 bits per heavy atom. The maximum Gasteiger partial charge on any atom is 0.306 e. The lowest BCUT2D eigenvalue weighted by molar-refractivity contribution is -0.141. The van der Waals surface area contributed by atoms with Gasteiger partial charge in [0.1, 0.15) is 11.6 Å². The summed E-state index contributed by atoms with van der Waals surface area (Å²) in [5.74, 6) is 0.616. The SMILES string of the molecule is COC(=O)CC(Cc1ccc(OCCCNc2ncccc2O)cc1)c1ccc(F)cc1. The van der Waals surface area contributed by atoms with E-state index in [1.165, 1.54) is 19.2 Å². The van der Waals surface area contributed by atoms with Crippen molar-refractivity contribution in [3.05, 3.63) is 83.8 Å². The van der Waals surface area contributed by atoms with Crippen LogP contribution in [0.2, 0.25) is 0 Å². The first kappa shape index (κ1) is 23.1. The molecule has 32 heavy (non-hydrogen) atoms. The number of nitrogens with zero attached hydrogens (tertiary/aromatic N) is 1. The number of nitrogens with one attached hydrogen (secondary N) is 1. The number of hydrogen-bond acceptors (Lipinski definition) is 6. The molecule has 0 aliphatic heterocycles. The molecule has 0 bridgehead atoms.